The lowest BCUT2D eigenvalue weighted by Gasteiger charge is -2.36. The van der Waals surface area contributed by atoms with Gasteiger partial charge in [0.1, 0.15) is 0 Å². The van der Waals surface area contributed by atoms with E-state index in [1.54, 1.807) is 29.2 Å². The summed E-state index contributed by atoms with van der Waals surface area (Å²) >= 11 is 5.91. The molecule has 6 heteroatoms. The number of hydrogen-bond donors (Lipinski definition) is 0. The smallest absolute Gasteiger partial charge is 0.255 e. The van der Waals surface area contributed by atoms with E-state index in [2.05, 4.69) is 10.0 Å². The highest BCUT2D eigenvalue weighted by Crippen LogP contribution is 2.21. The first kappa shape index (κ1) is 10.8. The molecule has 0 aromatic heterocycles. The largest absolute Gasteiger partial charge is 0.338 e. The first-order valence-corrected chi connectivity index (χ1v) is 5.18. The van der Waals surface area contributed by atoms with E-state index in [0.29, 0.717) is 23.7 Å². The molecule has 0 N–H and O–H groups in total. The van der Waals surface area contributed by atoms with Gasteiger partial charge in [-0.2, -0.15) is 0 Å². The summed E-state index contributed by atoms with van der Waals surface area (Å²) in [5.41, 5.74) is 8.71. The molecule has 1 amide bonds. The van der Waals surface area contributed by atoms with Crippen molar-refractivity contribution in [1.82, 2.24) is 4.90 Å². The van der Waals surface area contributed by atoms with Gasteiger partial charge in [-0.1, -0.05) is 28.8 Å². The van der Waals surface area contributed by atoms with Crippen LogP contribution in [0.5, 0.6) is 0 Å². The maximum absolute atomic E-state index is 11.9. The molecule has 0 bridgehead atoms. The summed E-state index contributed by atoms with van der Waals surface area (Å²) in [6.45, 7) is 0.933. The van der Waals surface area contributed by atoms with Crippen molar-refractivity contribution in [3.8, 4) is 0 Å². The van der Waals surface area contributed by atoms with Crippen molar-refractivity contribution in [2.24, 2.45) is 5.11 Å². The average molecular weight is 237 g/mol. The number of hydrogen-bond acceptors (Lipinski definition) is 2. The highest BCUT2D eigenvalue weighted by molar-refractivity contribution is 6.33. The molecule has 0 atom stereocenters. The summed E-state index contributed by atoms with van der Waals surface area (Å²) in [5.74, 6) is -0.116. The summed E-state index contributed by atoms with van der Waals surface area (Å²) in [7, 11) is 0. The van der Waals surface area contributed by atoms with Gasteiger partial charge in [0.15, 0.2) is 0 Å². The SMILES string of the molecule is [N-]=[N+]=NC1CN(C(=O)c2ccccc2Cl)C1. The summed E-state index contributed by atoms with van der Waals surface area (Å²) in [6.07, 6.45) is 0. The van der Waals surface area contributed by atoms with Crippen LogP contribution in [0.25, 0.3) is 10.4 Å². The molecule has 1 aromatic carbocycles. The number of halogens is 1. The first-order valence-electron chi connectivity index (χ1n) is 4.80. The van der Waals surface area contributed by atoms with Gasteiger partial charge < -0.3 is 4.90 Å². The number of carbonyl (C=O) groups is 1. The zero-order valence-electron chi connectivity index (χ0n) is 8.38. The maximum Gasteiger partial charge on any atom is 0.255 e. The molecule has 0 aliphatic carbocycles. The molecule has 5 nitrogen and oxygen atoms in total. The van der Waals surface area contributed by atoms with E-state index in [4.69, 9.17) is 17.1 Å². The summed E-state index contributed by atoms with van der Waals surface area (Å²) in [6, 6.07) is 6.81. The Morgan fingerprint density at radius 3 is 2.81 bits per heavy atom. The lowest BCUT2D eigenvalue weighted by Crippen LogP contribution is -2.52. The van der Waals surface area contributed by atoms with Crippen molar-refractivity contribution >= 4 is 17.5 Å². The molecule has 0 unspecified atom stereocenters. The second-order valence-corrected chi connectivity index (χ2v) is 3.96. The first-order chi connectivity index (χ1) is 7.72. The van der Waals surface area contributed by atoms with Crippen LogP contribution in [0.15, 0.2) is 29.4 Å². The molecule has 1 aliphatic rings. The molecular formula is C10H9ClN4O. The van der Waals surface area contributed by atoms with E-state index in [-0.39, 0.29) is 11.9 Å². The molecule has 0 saturated carbocycles. The Labute approximate surface area is 97.2 Å². The van der Waals surface area contributed by atoms with Gasteiger partial charge in [-0.15, -0.1) is 0 Å². The minimum absolute atomic E-state index is 0.101. The number of benzene rings is 1. The van der Waals surface area contributed by atoms with Crippen LogP contribution in [0.1, 0.15) is 10.4 Å². The highest BCUT2D eigenvalue weighted by Gasteiger charge is 2.30. The van der Waals surface area contributed by atoms with Gasteiger partial charge in [-0.3, -0.25) is 4.79 Å². The van der Waals surface area contributed by atoms with E-state index in [1.807, 2.05) is 0 Å². The minimum atomic E-state index is -0.116. The molecule has 0 radical (unpaired) electrons. The van der Waals surface area contributed by atoms with Crippen LogP contribution in [0.3, 0.4) is 0 Å². The summed E-state index contributed by atoms with van der Waals surface area (Å²) in [5, 5.41) is 3.98. The van der Waals surface area contributed by atoms with Crippen LogP contribution in [0, 0.1) is 0 Å². The molecule has 16 heavy (non-hydrogen) atoms. The minimum Gasteiger partial charge on any atom is -0.338 e. The number of azide groups is 1. The molecule has 1 heterocycles. The zero-order valence-corrected chi connectivity index (χ0v) is 9.13. The Balaban J connectivity index is 2.06. The molecule has 1 fully saturated rings. The van der Waals surface area contributed by atoms with Crippen LogP contribution in [0.2, 0.25) is 5.02 Å². The van der Waals surface area contributed by atoms with E-state index in [0.717, 1.165) is 0 Å². The fraction of sp³-hybridized carbons (Fsp3) is 0.300. The Hall–Kier alpha value is -1.71. The lowest BCUT2D eigenvalue weighted by atomic mass is 10.1. The Kier molecular flexibility index (Phi) is 2.99. The normalized spacial score (nSPS) is 15.2. The van der Waals surface area contributed by atoms with Gasteiger partial charge in [0.2, 0.25) is 0 Å². The fourth-order valence-electron chi connectivity index (χ4n) is 1.57. The van der Waals surface area contributed by atoms with Crippen LogP contribution in [0.4, 0.5) is 0 Å². The predicted octanol–water partition coefficient (Wildman–Crippen LogP) is 2.47. The molecule has 1 saturated heterocycles. The average Bonchev–Trinajstić information content (AvgIpc) is 2.22. The molecule has 82 valence electrons. The number of amides is 1. The third kappa shape index (κ3) is 1.96. The van der Waals surface area contributed by atoms with Crippen LogP contribution in [-0.2, 0) is 0 Å². The lowest BCUT2D eigenvalue weighted by molar-refractivity contribution is 0.0609. The molecule has 1 aliphatic heterocycles. The summed E-state index contributed by atoms with van der Waals surface area (Å²) < 4.78 is 0. The second-order valence-electron chi connectivity index (χ2n) is 3.55. The fourth-order valence-corrected chi connectivity index (χ4v) is 1.79. The third-order valence-electron chi connectivity index (χ3n) is 2.47. The van der Waals surface area contributed by atoms with Crippen molar-refractivity contribution < 1.29 is 4.79 Å². The van der Waals surface area contributed by atoms with Crippen LogP contribution in [-0.4, -0.2) is 29.9 Å². The molecule has 2 rings (SSSR count). The van der Waals surface area contributed by atoms with Gasteiger partial charge in [0.25, 0.3) is 5.91 Å². The summed E-state index contributed by atoms with van der Waals surface area (Å²) in [4.78, 5) is 16.2. The quantitative estimate of drug-likeness (QED) is 0.442. The van der Waals surface area contributed by atoms with Crippen LogP contribution < -0.4 is 0 Å². The molecular weight excluding hydrogens is 228 g/mol. The Morgan fingerprint density at radius 2 is 2.19 bits per heavy atom. The third-order valence-corrected chi connectivity index (χ3v) is 2.80. The molecule has 1 aromatic rings. The standard InChI is InChI=1S/C10H9ClN4O/c11-9-4-2-1-3-8(9)10(16)15-5-7(6-15)13-14-12/h1-4,7H,5-6H2. The monoisotopic (exact) mass is 236 g/mol. The van der Waals surface area contributed by atoms with Crippen molar-refractivity contribution in [3.05, 3.63) is 45.3 Å². The van der Waals surface area contributed by atoms with Gasteiger partial charge in [-0.25, -0.2) is 0 Å². The van der Waals surface area contributed by atoms with Crippen molar-refractivity contribution in [1.29, 1.82) is 0 Å². The van der Waals surface area contributed by atoms with E-state index in [9.17, 15) is 4.79 Å². The Morgan fingerprint density at radius 1 is 1.50 bits per heavy atom. The van der Waals surface area contributed by atoms with Gasteiger partial charge in [0.05, 0.1) is 16.6 Å². The van der Waals surface area contributed by atoms with Crippen molar-refractivity contribution in [3.63, 3.8) is 0 Å². The number of rotatable bonds is 2. The molecule has 0 spiro atoms. The number of likely N-dealkylation sites (tertiary alicyclic amines) is 1. The second kappa shape index (κ2) is 4.43. The number of carbonyl (C=O) groups excluding carboxylic acids is 1. The maximum atomic E-state index is 11.9. The predicted molar refractivity (Wildman–Crippen MR) is 60.3 cm³/mol. The van der Waals surface area contributed by atoms with Crippen molar-refractivity contribution in [2.75, 3.05) is 13.1 Å². The van der Waals surface area contributed by atoms with E-state index in [1.165, 1.54) is 0 Å². The van der Waals surface area contributed by atoms with Gasteiger partial charge in [-0.05, 0) is 17.7 Å². The van der Waals surface area contributed by atoms with Crippen LogP contribution >= 0.6 is 11.6 Å². The van der Waals surface area contributed by atoms with E-state index < -0.39 is 0 Å². The number of nitrogens with zero attached hydrogens (tertiary/aromatic N) is 4. The topological polar surface area (TPSA) is 69.1 Å². The highest BCUT2D eigenvalue weighted by atomic mass is 35.5. The van der Waals surface area contributed by atoms with Crippen molar-refractivity contribution in [2.45, 2.75) is 6.04 Å². The van der Waals surface area contributed by atoms with Gasteiger partial charge in [0, 0.05) is 18.0 Å². The van der Waals surface area contributed by atoms with Gasteiger partial charge >= 0.3 is 0 Å². The van der Waals surface area contributed by atoms with E-state index >= 15 is 0 Å². The Bertz CT molecular complexity index is 464. The zero-order chi connectivity index (χ0) is 11.5.